The maximum Gasteiger partial charge on any atom is 0.320 e. The van der Waals surface area contributed by atoms with Crippen LogP contribution < -0.4 is 5.32 Å². The summed E-state index contributed by atoms with van der Waals surface area (Å²) in [6, 6.07) is 6.43. The van der Waals surface area contributed by atoms with Gasteiger partial charge in [-0.15, -0.1) is 0 Å². The van der Waals surface area contributed by atoms with Crippen molar-refractivity contribution < 1.29 is 29.0 Å². The fraction of sp³-hybridized carbons (Fsp3) is 0.444. The zero-order valence-corrected chi connectivity index (χ0v) is 14.6. The first-order valence-electron chi connectivity index (χ1n) is 8.06. The predicted molar refractivity (Wildman–Crippen MR) is 91.2 cm³/mol. The lowest BCUT2D eigenvalue weighted by atomic mass is 9.88. The topological polar surface area (TPSA) is 110 Å². The molecular weight excluding hydrogens is 326 g/mol. The molecule has 0 saturated carbocycles. The number of ether oxygens (including phenoxy) is 1. The van der Waals surface area contributed by atoms with Gasteiger partial charge in [0.2, 0.25) is 5.91 Å². The van der Waals surface area contributed by atoms with Crippen molar-refractivity contribution in [2.24, 2.45) is 11.8 Å². The third-order valence-electron chi connectivity index (χ3n) is 3.73. The molecule has 0 aliphatic heterocycles. The maximum atomic E-state index is 12.2. The van der Waals surface area contributed by atoms with Crippen LogP contribution >= 0.6 is 0 Å². The Kier molecular flexibility index (Phi) is 7.78. The van der Waals surface area contributed by atoms with Crippen molar-refractivity contribution in [3.63, 3.8) is 0 Å². The van der Waals surface area contributed by atoms with Gasteiger partial charge >= 0.3 is 11.9 Å². The number of benzene rings is 1. The first kappa shape index (κ1) is 20.3. The van der Waals surface area contributed by atoms with E-state index in [1.54, 1.807) is 38.1 Å². The number of hydrogen-bond donors (Lipinski definition) is 2. The zero-order valence-electron chi connectivity index (χ0n) is 14.6. The van der Waals surface area contributed by atoms with Crippen LogP contribution in [0.5, 0.6) is 0 Å². The molecule has 0 bridgehead atoms. The van der Waals surface area contributed by atoms with E-state index in [4.69, 9.17) is 4.74 Å². The van der Waals surface area contributed by atoms with Crippen molar-refractivity contribution in [1.82, 2.24) is 0 Å². The summed E-state index contributed by atoms with van der Waals surface area (Å²) in [4.78, 5) is 46.2. The standard InChI is InChI=1S/C18H23NO6/c1-4-25-18(24)16(17(22)23)11(2)5-10-15(21)13-6-8-14(9-7-13)19-12(3)20/h6-9,11,16H,4-5,10H2,1-3H3,(H,19,20)(H,22,23). The van der Waals surface area contributed by atoms with Crippen LogP contribution in [-0.4, -0.2) is 35.3 Å². The molecule has 2 N–H and O–H groups in total. The number of hydrogen-bond acceptors (Lipinski definition) is 5. The monoisotopic (exact) mass is 349 g/mol. The first-order chi connectivity index (χ1) is 11.8. The van der Waals surface area contributed by atoms with Crippen molar-refractivity contribution in [2.45, 2.75) is 33.6 Å². The molecule has 2 unspecified atom stereocenters. The fourth-order valence-corrected chi connectivity index (χ4v) is 2.42. The van der Waals surface area contributed by atoms with Gasteiger partial charge in [-0.25, -0.2) is 0 Å². The third kappa shape index (κ3) is 6.37. The van der Waals surface area contributed by atoms with Gasteiger partial charge in [-0.05, 0) is 43.5 Å². The van der Waals surface area contributed by atoms with Gasteiger partial charge in [0.05, 0.1) is 6.61 Å². The number of amides is 1. The van der Waals surface area contributed by atoms with E-state index in [2.05, 4.69) is 5.32 Å². The zero-order chi connectivity index (χ0) is 19.0. The van der Waals surface area contributed by atoms with Crippen molar-refractivity contribution in [3.8, 4) is 0 Å². The van der Waals surface area contributed by atoms with E-state index in [0.717, 1.165) is 0 Å². The second kappa shape index (κ2) is 9.56. The average molecular weight is 349 g/mol. The summed E-state index contributed by atoms with van der Waals surface area (Å²) >= 11 is 0. The number of esters is 1. The molecule has 25 heavy (non-hydrogen) atoms. The number of carbonyl (C=O) groups is 4. The lowest BCUT2D eigenvalue weighted by molar-refractivity contribution is -0.160. The van der Waals surface area contributed by atoms with Crippen LogP contribution in [0.3, 0.4) is 0 Å². The maximum absolute atomic E-state index is 12.2. The van der Waals surface area contributed by atoms with Crippen LogP contribution in [0.2, 0.25) is 0 Å². The van der Waals surface area contributed by atoms with Crippen LogP contribution in [0.1, 0.15) is 44.0 Å². The van der Waals surface area contributed by atoms with Gasteiger partial charge in [0, 0.05) is 24.6 Å². The first-order valence-corrected chi connectivity index (χ1v) is 8.06. The number of anilines is 1. The molecule has 1 aromatic carbocycles. The molecule has 0 spiro atoms. The molecule has 0 radical (unpaired) electrons. The highest BCUT2D eigenvalue weighted by atomic mass is 16.5. The van der Waals surface area contributed by atoms with Crippen LogP contribution in [0, 0.1) is 11.8 Å². The SMILES string of the molecule is CCOC(=O)C(C(=O)O)C(C)CCC(=O)c1ccc(NC(C)=O)cc1. The summed E-state index contributed by atoms with van der Waals surface area (Å²) in [5.74, 6) is -4.21. The van der Waals surface area contributed by atoms with Crippen molar-refractivity contribution >= 4 is 29.3 Å². The van der Waals surface area contributed by atoms with Crippen molar-refractivity contribution in [2.75, 3.05) is 11.9 Å². The van der Waals surface area contributed by atoms with Gasteiger partial charge in [0.25, 0.3) is 0 Å². The summed E-state index contributed by atoms with van der Waals surface area (Å²) in [6.07, 6.45) is 0.367. The molecule has 2 atom stereocenters. The molecule has 7 heteroatoms. The van der Waals surface area contributed by atoms with Crippen LogP contribution in [-0.2, 0) is 19.1 Å². The lowest BCUT2D eigenvalue weighted by Crippen LogP contribution is -2.32. The van der Waals surface area contributed by atoms with Gasteiger partial charge in [-0.3, -0.25) is 19.2 Å². The highest BCUT2D eigenvalue weighted by Crippen LogP contribution is 2.21. The van der Waals surface area contributed by atoms with E-state index in [1.165, 1.54) is 6.92 Å². The Morgan fingerprint density at radius 2 is 1.76 bits per heavy atom. The fourth-order valence-electron chi connectivity index (χ4n) is 2.42. The highest BCUT2D eigenvalue weighted by molar-refractivity contribution is 5.97. The molecule has 1 rings (SSSR count). The molecule has 0 saturated heterocycles. The number of ketones is 1. The summed E-state index contributed by atoms with van der Waals surface area (Å²) in [7, 11) is 0. The molecule has 1 aromatic rings. The Morgan fingerprint density at radius 1 is 1.16 bits per heavy atom. The molecular formula is C18H23NO6. The number of carboxylic acid groups (broad SMARTS) is 1. The number of Topliss-reactive ketones (excluding diaryl/α,β-unsaturated/α-hetero) is 1. The molecule has 136 valence electrons. The molecule has 7 nitrogen and oxygen atoms in total. The van der Waals surface area contributed by atoms with Crippen LogP contribution in [0.15, 0.2) is 24.3 Å². The number of nitrogens with one attached hydrogen (secondary N) is 1. The minimum atomic E-state index is -1.28. The van der Waals surface area contributed by atoms with E-state index in [-0.39, 0.29) is 31.1 Å². The van der Waals surface area contributed by atoms with E-state index < -0.39 is 23.8 Å². The number of carbonyl (C=O) groups excluding carboxylic acids is 3. The smallest absolute Gasteiger partial charge is 0.320 e. The average Bonchev–Trinajstić information content (AvgIpc) is 2.52. The van der Waals surface area contributed by atoms with E-state index in [0.29, 0.717) is 11.3 Å². The summed E-state index contributed by atoms with van der Waals surface area (Å²) < 4.78 is 4.78. The lowest BCUT2D eigenvalue weighted by Gasteiger charge is -2.18. The second-order valence-electron chi connectivity index (χ2n) is 5.77. The molecule has 0 heterocycles. The number of carboxylic acids is 1. The minimum absolute atomic E-state index is 0.106. The third-order valence-corrected chi connectivity index (χ3v) is 3.73. The Balaban J connectivity index is 2.66. The van der Waals surface area contributed by atoms with Crippen molar-refractivity contribution in [1.29, 1.82) is 0 Å². The molecule has 1 amide bonds. The summed E-state index contributed by atoms with van der Waals surface area (Å²) in [5, 5.41) is 11.8. The molecule has 0 aliphatic rings. The Labute approximate surface area is 146 Å². The van der Waals surface area contributed by atoms with Gasteiger partial charge in [0.15, 0.2) is 11.7 Å². The molecule has 0 aromatic heterocycles. The number of aliphatic carboxylic acids is 1. The van der Waals surface area contributed by atoms with Gasteiger partial charge in [0.1, 0.15) is 0 Å². The molecule has 0 aliphatic carbocycles. The minimum Gasteiger partial charge on any atom is -0.481 e. The summed E-state index contributed by atoms with van der Waals surface area (Å²) in [6.45, 7) is 4.72. The highest BCUT2D eigenvalue weighted by Gasteiger charge is 2.33. The van der Waals surface area contributed by atoms with E-state index in [1.807, 2.05) is 0 Å². The largest absolute Gasteiger partial charge is 0.481 e. The van der Waals surface area contributed by atoms with Gasteiger partial charge < -0.3 is 15.2 Å². The Morgan fingerprint density at radius 3 is 2.24 bits per heavy atom. The Bertz CT molecular complexity index is 637. The predicted octanol–water partition coefficient (Wildman–Crippen LogP) is 2.51. The second-order valence-corrected chi connectivity index (χ2v) is 5.77. The van der Waals surface area contributed by atoms with E-state index >= 15 is 0 Å². The van der Waals surface area contributed by atoms with Gasteiger partial charge in [-0.1, -0.05) is 6.92 Å². The number of rotatable bonds is 9. The van der Waals surface area contributed by atoms with Crippen molar-refractivity contribution in [3.05, 3.63) is 29.8 Å². The van der Waals surface area contributed by atoms with E-state index in [9.17, 15) is 24.3 Å². The summed E-state index contributed by atoms with van der Waals surface area (Å²) in [5.41, 5.74) is 1.05. The van der Waals surface area contributed by atoms with Crippen LogP contribution in [0.4, 0.5) is 5.69 Å². The molecule has 0 fully saturated rings. The van der Waals surface area contributed by atoms with Crippen LogP contribution in [0.25, 0.3) is 0 Å². The normalized spacial score (nSPS) is 12.8. The Hall–Kier alpha value is -2.70. The van der Waals surface area contributed by atoms with Gasteiger partial charge in [-0.2, -0.15) is 0 Å². The quantitative estimate of drug-likeness (QED) is 0.403.